The summed E-state index contributed by atoms with van der Waals surface area (Å²) in [7, 11) is 0. The van der Waals surface area contributed by atoms with Gasteiger partial charge in [-0.2, -0.15) is 5.10 Å². The Morgan fingerprint density at radius 2 is 2.24 bits per heavy atom. The first kappa shape index (κ1) is 14.3. The van der Waals surface area contributed by atoms with Gasteiger partial charge in [0.25, 0.3) is 0 Å². The summed E-state index contributed by atoms with van der Waals surface area (Å²) in [6, 6.07) is 2.45. The zero-order chi connectivity index (χ0) is 15.0. The van der Waals surface area contributed by atoms with E-state index in [1.165, 1.54) is 18.4 Å². The molecule has 114 valence electrons. The highest BCUT2D eigenvalue weighted by Crippen LogP contribution is 2.22. The standard InChI is InChI=1S/C16H25N5/c1-11(2)13-10-18-21-8-6-14(20-15(13)21)19-12-5-7-16(3,4)17-9-12/h6,8,10-12,17H,5,7,9H2,1-4H3,(H,19,20). The van der Waals surface area contributed by atoms with Crippen molar-refractivity contribution in [1.82, 2.24) is 19.9 Å². The van der Waals surface area contributed by atoms with Gasteiger partial charge in [0.15, 0.2) is 5.65 Å². The van der Waals surface area contributed by atoms with Gasteiger partial charge >= 0.3 is 0 Å². The van der Waals surface area contributed by atoms with Crippen molar-refractivity contribution < 1.29 is 0 Å². The molecule has 5 nitrogen and oxygen atoms in total. The van der Waals surface area contributed by atoms with Crippen LogP contribution in [0.3, 0.4) is 0 Å². The van der Waals surface area contributed by atoms with E-state index >= 15 is 0 Å². The molecule has 0 aromatic carbocycles. The largest absolute Gasteiger partial charge is 0.366 e. The first-order valence-electron chi connectivity index (χ1n) is 7.80. The molecule has 21 heavy (non-hydrogen) atoms. The molecule has 2 N–H and O–H groups in total. The van der Waals surface area contributed by atoms with Gasteiger partial charge in [-0.25, -0.2) is 9.50 Å². The maximum atomic E-state index is 4.75. The molecule has 0 saturated carbocycles. The van der Waals surface area contributed by atoms with Crippen molar-refractivity contribution in [2.75, 3.05) is 11.9 Å². The quantitative estimate of drug-likeness (QED) is 0.911. The molecule has 1 saturated heterocycles. The van der Waals surface area contributed by atoms with E-state index < -0.39 is 0 Å². The predicted molar refractivity (Wildman–Crippen MR) is 85.8 cm³/mol. The summed E-state index contributed by atoms with van der Waals surface area (Å²) in [6.45, 7) is 9.84. The molecule has 1 aliphatic rings. The molecular formula is C16H25N5. The minimum atomic E-state index is 0.256. The highest BCUT2D eigenvalue weighted by atomic mass is 15.3. The second-order valence-corrected chi connectivity index (χ2v) is 6.98. The second kappa shape index (κ2) is 5.30. The lowest BCUT2D eigenvalue weighted by molar-refractivity contribution is 0.289. The average Bonchev–Trinajstić information content (AvgIpc) is 2.84. The molecule has 5 heteroatoms. The van der Waals surface area contributed by atoms with Crippen LogP contribution in [0.2, 0.25) is 0 Å². The summed E-state index contributed by atoms with van der Waals surface area (Å²) in [5, 5.41) is 11.5. The number of hydrogen-bond donors (Lipinski definition) is 2. The summed E-state index contributed by atoms with van der Waals surface area (Å²) in [5.41, 5.74) is 2.41. The van der Waals surface area contributed by atoms with Crippen LogP contribution >= 0.6 is 0 Å². The third kappa shape index (κ3) is 3.02. The van der Waals surface area contributed by atoms with Gasteiger partial charge in [-0.1, -0.05) is 13.8 Å². The fourth-order valence-corrected chi connectivity index (χ4v) is 2.83. The Labute approximate surface area is 126 Å². The van der Waals surface area contributed by atoms with Crippen molar-refractivity contribution in [3.63, 3.8) is 0 Å². The van der Waals surface area contributed by atoms with E-state index in [2.05, 4.69) is 43.4 Å². The van der Waals surface area contributed by atoms with Crippen molar-refractivity contribution >= 4 is 11.5 Å². The van der Waals surface area contributed by atoms with Crippen molar-refractivity contribution in [1.29, 1.82) is 0 Å². The summed E-state index contributed by atoms with van der Waals surface area (Å²) in [5.74, 6) is 1.37. The maximum absolute atomic E-state index is 4.75. The SMILES string of the molecule is CC(C)c1cnn2ccc(NC3CCC(C)(C)NC3)nc12. The lowest BCUT2D eigenvalue weighted by Gasteiger charge is -2.36. The van der Waals surface area contributed by atoms with Crippen LogP contribution in [0, 0.1) is 0 Å². The minimum Gasteiger partial charge on any atom is -0.366 e. The molecule has 1 fully saturated rings. The summed E-state index contributed by atoms with van der Waals surface area (Å²) in [6.07, 6.45) is 6.25. The molecule has 0 aliphatic carbocycles. The molecule has 2 aromatic rings. The summed E-state index contributed by atoms with van der Waals surface area (Å²) in [4.78, 5) is 4.75. The van der Waals surface area contributed by atoms with Gasteiger partial charge in [0, 0.05) is 29.9 Å². The molecule has 3 heterocycles. The van der Waals surface area contributed by atoms with Crippen LogP contribution in [0.15, 0.2) is 18.5 Å². The molecule has 1 atom stereocenters. The number of nitrogens with one attached hydrogen (secondary N) is 2. The zero-order valence-corrected chi connectivity index (χ0v) is 13.3. The molecule has 0 amide bonds. The number of rotatable bonds is 3. The van der Waals surface area contributed by atoms with Gasteiger partial charge in [-0.05, 0) is 38.7 Å². The van der Waals surface area contributed by atoms with Crippen molar-refractivity contribution in [3.05, 3.63) is 24.0 Å². The Morgan fingerprint density at radius 3 is 2.90 bits per heavy atom. The topological polar surface area (TPSA) is 54.2 Å². The second-order valence-electron chi connectivity index (χ2n) is 6.98. The Hall–Kier alpha value is -1.62. The van der Waals surface area contributed by atoms with Crippen molar-refractivity contribution in [3.8, 4) is 0 Å². The average molecular weight is 287 g/mol. The van der Waals surface area contributed by atoms with Crippen LogP contribution in [0.4, 0.5) is 5.82 Å². The molecule has 0 bridgehead atoms. The molecule has 2 aromatic heterocycles. The molecule has 1 unspecified atom stereocenters. The summed E-state index contributed by atoms with van der Waals surface area (Å²) < 4.78 is 1.85. The number of aromatic nitrogens is 3. The van der Waals surface area contributed by atoms with Gasteiger partial charge in [0.05, 0.1) is 6.20 Å². The molecule has 0 spiro atoms. The minimum absolute atomic E-state index is 0.256. The number of anilines is 1. The highest BCUT2D eigenvalue weighted by molar-refractivity contribution is 5.53. The smallest absolute Gasteiger partial charge is 0.160 e. The lowest BCUT2D eigenvalue weighted by Crippen LogP contribution is -2.50. The van der Waals surface area contributed by atoms with Crippen LogP contribution in [-0.2, 0) is 0 Å². The molecule has 3 rings (SSSR count). The third-order valence-electron chi connectivity index (χ3n) is 4.32. The number of hydrogen-bond acceptors (Lipinski definition) is 4. The fraction of sp³-hybridized carbons (Fsp3) is 0.625. The van der Waals surface area contributed by atoms with E-state index in [1.54, 1.807) is 0 Å². The zero-order valence-electron chi connectivity index (χ0n) is 13.3. The van der Waals surface area contributed by atoms with E-state index in [-0.39, 0.29) is 5.54 Å². The first-order chi connectivity index (χ1) is 9.94. The van der Waals surface area contributed by atoms with Crippen molar-refractivity contribution in [2.45, 2.75) is 58.0 Å². The Morgan fingerprint density at radius 1 is 1.43 bits per heavy atom. The van der Waals surface area contributed by atoms with Crippen LogP contribution in [0.5, 0.6) is 0 Å². The highest BCUT2D eigenvalue weighted by Gasteiger charge is 2.26. The Kier molecular flexibility index (Phi) is 3.61. The van der Waals surface area contributed by atoms with Crippen LogP contribution in [-0.4, -0.2) is 32.7 Å². The number of fused-ring (bicyclic) bond motifs is 1. The van der Waals surface area contributed by atoms with E-state index in [4.69, 9.17) is 4.98 Å². The number of piperidine rings is 1. The predicted octanol–water partition coefficient (Wildman–Crippen LogP) is 2.80. The van der Waals surface area contributed by atoms with Crippen LogP contribution in [0.25, 0.3) is 5.65 Å². The van der Waals surface area contributed by atoms with E-state index in [0.29, 0.717) is 12.0 Å². The Balaban J connectivity index is 1.77. The molecule has 1 aliphatic heterocycles. The lowest BCUT2D eigenvalue weighted by atomic mass is 9.91. The van der Waals surface area contributed by atoms with Gasteiger partial charge in [0.2, 0.25) is 0 Å². The van der Waals surface area contributed by atoms with E-state index in [1.807, 2.05) is 23.0 Å². The molecular weight excluding hydrogens is 262 g/mol. The first-order valence-corrected chi connectivity index (χ1v) is 7.80. The number of nitrogens with zero attached hydrogens (tertiary/aromatic N) is 3. The van der Waals surface area contributed by atoms with E-state index in [9.17, 15) is 0 Å². The van der Waals surface area contributed by atoms with Gasteiger partial charge < -0.3 is 10.6 Å². The third-order valence-corrected chi connectivity index (χ3v) is 4.32. The monoisotopic (exact) mass is 287 g/mol. The van der Waals surface area contributed by atoms with Crippen molar-refractivity contribution in [2.24, 2.45) is 0 Å². The fourth-order valence-electron chi connectivity index (χ4n) is 2.83. The summed E-state index contributed by atoms with van der Waals surface area (Å²) >= 11 is 0. The van der Waals surface area contributed by atoms with Gasteiger partial charge in [-0.15, -0.1) is 0 Å². The maximum Gasteiger partial charge on any atom is 0.160 e. The Bertz CT molecular complexity index is 619. The van der Waals surface area contributed by atoms with Gasteiger partial charge in [0.1, 0.15) is 5.82 Å². The van der Waals surface area contributed by atoms with Crippen LogP contribution < -0.4 is 10.6 Å². The normalized spacial score (nSPS) is 21.9. The van der Waals surface area contributed by atoms with E-state index in [0.717, 1.165) is 18.0 Å². The van der Waals surface area contributed by atoms with Crippen LogP contribution in [0.1, 0.15) is 52.0 Å². The molecule has 0 radical (unpaired) electrons. The van der Waals surface area contributed by atoms with Gasteiger partial charge in [-0.3, -0.25) is 0 Å².